The molecule has 1 N–H and O–H groups in total. The molecule has 1 atom stereocenters. The molecule has 0 spiro atoms. The molecule has 0 unspecified atom stereocenters. The Labute approximate surface area is 82.3 Å². The number of ether oxygens (including phenoxy) is 1. The number of terminal acetylenes is 1. The summed E-state index contributed by atoms with van der Waals surface area (Å²) >= 11 is 0. The van der Waals surface area contributed by atoms with E-state index in [-0.39, 0.29) is 12.4 Å². The Morgan fingerprint density at radius 3 is 2.86 bits per heavy atom. The third kappa shape index (κ3) is 2.48. The second-order valence-corrected chi connectivity index (χ2v) is 2.86. The zero-order valence-corrected chi connectivity index (χ0v) is 7.83. The highest BCUT2D eigenvalue weighted by molar-refractivity contribution is 5.30. The number of aliphatic hydroxyl groups excluding tert-OH is 1. The van der Waals surface area contributed by atoms with E-state index < -0.39 is 11.9 Å². The minimum Gasteiger partial charge on any atom is -0.478 e. The molecule has 1 aromatic carbocycles. The largest absolute Gasteiger partial charge is 0.478 e. The number of benzene rings is 1. The van der Waals surface area contributed by atoms with Crippen LogP contribution in [0.3, 0.4) is 0 Å². The SMILES string of the molecule is C#CCOc1ccc([C@H](C)O)cc1F. The van der Waals surface area contributed by atoms with Gasteiger partial charge in [0.05, 0.1) is 6.10 Å². The van der Waals surface area contributed by atoms with E-state index in [0.29, 0.717) is 5.56 Å². The highest BCUT2D eigenvalue weighted by Crippen LogP contribution is 2.21. The Kier molecular flexibility index (Phi) is 3.49. The van der Waals surface area contributed by atoms with Crippen LogP contribution < -0.4 is 4.74 Å². The van der Waals surface area contributed by atoms with Crippen LogP contribution in [0.5, 0.6) is 5.75 Å². The Hall–Kier alpha value is -1.53. The van der Waals surface area contributed by atoms with Gasteiger partial charge in [0.25, 0.3) is 0 Å². The molecule has 0 aliphatic carbocycles. The molecule has 1 aromatic rings. The molecule has 0 amide bonds. The lowest BCUT2D eigenvalue weighted by Gasteiger charge is -2.07. The van der Waals surface area contributed by atoms with Crippen molar-refractivity contribution in [2.24, 2.45) is 0 Å². The topological polar surface area (TPSA) is 29.5 Å². The van der Waals surface area contributed by atoms with E-state index in [4.69, 9.17) is 11.2 Å². The summed E-state index contributed by atoms with van der Waals surface area (Å²) in [6, 6.07) is 4.28. The summed E-state index contributed by atoms with van der Waals surface area (Å²) in [6.07, 6.45) is 4.28. The van der Waals surface area contributed by atoms with E-state index >= 15 is 0 Å². The summed E-state index contributed by atoms with van der Waals surface area (Å²) in [6.45, 7) is 1.60. The smallest absolute Gasteiger partial charge is 0.165 e. The van der Waals surface area contributed by atoms with E-state index in [2.05, 4.69) is 5.92 Å². The van der Waals surface area contributed by atoms with Crippen LogP contribution in [0, 0.1) is 18.2 Å². The highest BCUT2D eigenvalue weighted by Gasteiger charge is 2.07. The van der Waals surface area contributed by atoms with Gasteiger partial charge in [-0.25, -0.2) is 4.39 Å². The van der Waals surface area contributed by atoms with E-state index in [1.54, 1.807) is 13.0 Å². The lowest BCUT2D eigenvalue weighted by molar-refractivity contribution is 0.198. The summed E-state index contributed by atoms with van der Waals surface area (Å²) in [5.74, 6) is 1.83. The molecule has 0 heterocycles. The monoisotopic (exact) mass is 194 g/mol. The van der Waals surface area contributed by atoms with Crippen LogP contribution in [0.15, 0.2) is 18.2 Å². The van der Waals surface area contributed by atoms with Gasteiger partial charge < -0.3 is 9.84 Å². The van der Waals surface area contributed by atoms with Gasteiger partial charge in [-0.2, -0.15) is 0 Å². The second kappa shape index (κ2) is 4.64. The molecular formula is C11H11FO2. The van der Waals surface area contributed by atoms with Gasteiger partial charge in [0.2, 0.25) is 0 Å². The zero-order chi connectivity index (χ0) is 10.6. The number of hydrogen-bond acceptors (Lipinski definition) is 2. The molecule has 3 heteroatoms. The molecule has 0 saturated carbocycles. The molecule has 1 rings (SSSR count). The molecular weight excluding hydrogens is 183 g/mol. The van der Waals surface area contributed by atoms with Crippen molar-refractivity contribution in [1.82, 2.24) is 0 Å². The molecule has 0 aliphatic heterocycles. The first-order chi connectivity index (χ1) is 6.65. The van der Waals surface area contributed by atoms with Gasteiger partial charge in [0.1, 0.15) is 6.61 Å². The Morgan fingerprint density at radius 1 is 1.64 bits per heavy atom. The van der Waals surface area contributed by atoms with Gasteiger partial charge in [0, 0.05) is 0 Å². The Bertz CT molecular complexity index is 353. The number of rotatable bonds is 3. The van der Waals surface area contributed by atoms with E-state index in [9.17, 15) is 9.50 Å². The number of aliphatic hydroxyl groups is 1. The van der Waals surface area contributed by atoms with Gasteiger partial charge in [-0.05, 0) is 24.6 Å². The lowest BCUT2D eigenvalue weighted by Crippen LogP contribution is -1.98. The quantitative estimate of drug-likeness (QED) is 0.744. The first-order valence-electron chi connectivity index (χ1n) is 4.19. The average molecular weight is 194 g/mol. The fourth-order valence-corrected chi connectivity index (χ4v) is 1.01. The van der Waals surface area contributed by atoms with Crippen LogP contribution in [-0.4, -0.2) is 11.7 Å². The van der Waals surface area contributed by atoms with Crippen molar-refractivity contribution in [2.45, 2.75) is 13.0 Å². The Balaban J connectivity index is 2.85. The third-order valence-corrected chi connectivity index (χ3v) is 1.75. The average Bonchev–Trinajstić information content (AvgIpc) is 2.15. The summed E-state index contributed by atoms with van der Waals surface area (Å²) in [7, 11) is 0. The Morgan fingerprint density at radius 2 is 2.36 bits per heavy atom. The maximum Gasteiger partial charge on any atom is 0.165 e. The van der Waals surface area contributed by atoms with Crippen LogP contribution in [0.2, 0.25) is 0 Å². The van der Waals surface area contributed by atoms with E-state index in [0.717, 1.165) is 0 Å². The number of halogens is 1. The third-order valence-electron chi connectivity index (χ3n) is 1.75. The maximum absolute atomic E-state index is 13.2. The normalized spacial score (nSPS) is 11.9. The predicted octanol–water partition coefficient (Wildman–Crippen LogP) is 1.89. The van der Waals surface area contributed by atoms with Crippen molar-refractivity contribution < 1.29 is 14.2 Å². The van der Waals surface area contributed by atoms with Gasteiger partial charge in [-0.1, -0.05) is 12.0 Å². The summed E-state index contributed by atoms with van der Waals surface area (Å²) in [4.78, 5) is 0. The fourth-order valence-electron chi connectivity index (χ4n) is 1.01. The van der Waals surface area contributed by atoms with E-state index in [1.165, 1.54) is 12.1 Å². The highest BCUT2D eigenvalue weighted by atomic mass is 19.1. The number of hydrogen-bond donors (Lipinski definition) is 1. The first-order valence-corrected chi connectivity index (χ1v) is 4.19. The molecule has 0 saturated heterocycles. The maximum atomic E-state index is 13.2. The van der Waals surface area contributed by atoms with Crippen molar-refractivity contribution in [2.75, 3.05) is 6.61 Å². The minimum absolute atomic E-state index is 0.0327. The van der Waals surface area contributed by atoms with Crippen LogP contribution in [0.1, 0.15) is 18.6 Å². The van der Waals surface area contributed by atoms with Gasteiger partial charge in [-0.15, -0.1) is 6.42 Å². The van der Waals surface area contributed by atoms with Crippen molar-refractivity contribution in [3.63, 3.8) is 0 Å². The molecule has 2 nitrogen and oxygen atoms in total. The van der Waals surface area contributed by atoms with Crippen LogP contribution in [0.25, 0.3) is 0 Å². The van der Waals surface area contributed by atoms with Gasteiger partial charge >= 0.3 is 0 Å². The molecule has 0 aliphatic rings. The summed E-state index contributed by atoms with van der Waals surface area (Å²) in [5, 5.41) is 9.18. The van der Waals surface area contributed by atoms with E-state index in [1.807, 2.05) is 0 Å². The molecule has 0 aromatic heterocycles. The van der Waals surface area contributed by atoms with Crippen molar-refractivity contribution >= 4 is 0 Å². The fraction of sp³-hybridized carbons (Fsp3) is 0.273. The predicted molar refractivity (Wildman–Crippen MR) is 51.4 cm³/mol. The molecule has 0 bridgehead atoms. The van der Waals surface area contributed by atoms with Gasteiger partial charge in [0.15, 0.2) is 11.6 Å². The second-order valence-electron chi connectivity index (χ2n) is 2.86. The minimum atomic E-state index is -0.689. The molecule has 74 valence electrons. The lowest BCUT2D eigenvalue weighted by atomic mass is 10.1. The van der Waals surface area contributed by atoms with Crippen LogP contribution in [-0.2, 0) is 0 Å². The van der Waals surface area contributed by atoms with Crippen LogP contribution >= 0.6 is 0 Å². The van der Waals surface area contributed by atoms with Crippen molar-refractivity contribution in [3.05, 3.63) is 29.6 Å². The first kappa shape index (κ1) is 10.6. The summed E-state index contributed by atoms with van der Waals surface area (Å²) in [5.41, 5.74) is 0.510. The van der Waals surface area contributed by atoms with Crippen molar-refractivity contribution in [3.8, 4) is 18.1 Å². The van der Waals surface area contributed by atoms with Crippen LogP contribution in [0.4, 0.5) is 4.39 Å². The van der Waals surface area contributed by atoms with Crippen molar-refractivity contribution in [1.29, 1.82) is 0 Å². The van der Waals surface area contributed by atoms with Gasteiger partial charge in [-0.3, -0.25) is 0 Å². The standard InChI is InChI=1S/C11H11FO2/c1-3-6-14-11-5-4-9(8(2)13)7-10(11)12/h1,4-5,7-8,13H,6H2,2H3/t8-/m0/s1. The zero-order valence-electron chi connectivity index (χ0n) is 7.83. The summed E-state index contributed by atoms with van der Waals surface area (Å²) < 4.78 is 18.2. The molecule has 0 fully saturated rings. The molecule has 14 heavy (non-hydrogen) atoms. The molecule has 0 radical (unpaired) electrons.